The molecule has 0 spiro atoms. The second kappa shape index (κ2) is 7.87. The van der Waals surface area contributed by atoms with Gasteiger partial charge < -0.3 is 15.6 Å². The number of anilines is 2. The zero-order chi connectivity index (χ0) is 21.5. The van der Waals surface area contributed by atoms with Crippen LogP contribution >= 0.6 is 23.2 Å². The van der Waals surface area contributed by atoms with Gasteiger partial charge in [0, 0.05) is 12.1 Å². The van der Waals surface area contributed by atoms with Gasteiger partial charge in [-0.2, -0.15) is 0 Å². The van der Waals surface area contributed by atoms with Crippen LogP contribution in [0.4, 0.5) is 16.0 Å². The lowest BCUT2D eigenvalue weighted by Crippen LogP contribution is -2.35. The number of carbonyl (C=O) groups excluding carboxylic acids is 1. The maximum absolute atomic E-state index is 14.7. The van der Waals surface area contributed by atoms with Crippen molar-refractivity contribution in [2.45, 2.75) is 18.9 Å². The number of amides is 1. The molecule has 1 aliphatic rings. The first-order valence-corrected chi connectivity index (χ1v) is 10.5. The molecular formula is C23H17Cl2FN4O. The summed E-state index contributed by atoms with van der Waals surface area (Å²) in [7, 11) is 0. The third-order valence-electron chi connectivity index (χ3n) is 5.41. The van der Waals surface area contributed by atoms with Gasteiger partial charge in [0.2, 0.25) is 5.95 Å². The molecule has 156 valence electrons. The molecule has 0 aliphatic heterocycles. The number of para-hydroxylation sites is 1. The zero-order valence-electron chi connectivity index (χ0n) is 16.2. The van der Waals surface area contributed by atoms with E-state index in [0.29, 0.717) is 32.7 Å². The molecule has 0 radical (unpaired) electrons. The van der Waals surface area contributed by atoms with E-state index in [1.807, 2.05) is 12.1 Å². The van der Waals surface area contributed by atoms with Crippen LogP contribution in [0.5, 0.6) is 0 Å². The SMILES string of the molecule is O=C(NC1Cc2ccccc2C1)c1cc2nc(Nc3c(Cl)cccc3Cl)[nH]c2cc1F. The normalized spacial score (nSPS) is 13.4. The Balaban J connectivity index is 1.38. The quantitative estimate of drug-likeness (QED) is 0.373. The van der Waals surface area contributed by atoms with Crippen LogP contribution in [0.3, 0.4) is 0 Å². The van der Waals surface area contributed by atoms with Gasteiger partial charge in [-0.05, 0) is 42.2 Å². The van der Waals surface area contributed by atoms with E-state index in [4.69, 9.17) is 23.2 Å². The van der Waals surface area contributed by atoms with Crippen molar-refractivity contribution < 1.29 is 9.18 Å². The summed E-state index contributed by atoms with van der Waals surface area (Å²) in [6, 6.07) is 15.8. The maximum atomic E-state index is 14.7. The minimum Gasteiger partial charge on any atom is -0.349 e. The van der Waals surface area contributed by atoms with Gasteiger partial charge in [0.1, 0.15) is 5.82 Å². The van der Waals surface area contributed by atoms with Gasteiger partial charge in [-0.15, -0.1) is 0 Å². The number of imidazole rings is 1. The number of carbonyl (C=O) groups is 1. The number of rotatable bonds is 4. The molecule has 5 rings (SSSR count). The average molecular weight is 455 g/mol. The fourth-order valence-corrected chi connectivity index (χ4v) is 4.42. The number of halogens is 3. The van der Waals surface area contributed by atoms with Crippen LogP contribution in [-0.4, -0.2) is 21.9 Å². The molecule has 8 heteroatoms. The summed E-state index contributed by atoms with van der Waals surface area (Å²) in [5.74, 6) is -0.733. The summed E-state index contributed by atoms with van der Waals surface area (Å²) in [6.45, 7) is 0. The van der Waals surface area contributed by atoms with E-state index in [2.05, 4.69) is 32.7 Å². The molecule has 1 heterocycles. The second-order valence-electron chi connectivity index (χ2n) is 7.50. The highest BCUT2D eigenvalue weighted by Gasteiger charge is 2.24. The molecule has 0 atom stereocenters. The lowest BCUT2D eigenvalue weighted by atomic mass is 10.1. The first-order valence-electron chi connectivity index (χ1n) is 9.76. The minimum absolute atomic E-state index is 0.0442. The number of aromatic amines is 1. The Morgan fingerprint density at radius 2 is 1.71 bits per heavy atom. The number of hydrogen-bond acceptors (Lipinski definition) is 3. The number of hydrogen-bond donors (Lipinski definition) is 3. The second-order valence-corrected chi connectivity index (χ2v) is 8.32. The summed E-state index contributed by atoms with van der Waals surface area (Å²) in [5, 5.41) is 6.81. The molecule has 0 bridgehead atoms. The number of nitrogens with zero attached hydrogens (tertiary/aromatic N) is 1. The zero-order valence-corrected chi connectivity index (χ0v) is 17.7. The number of fused-ring (bicyclic) bond motifs is 2. The predicted molar refractivity (Wildman–Crippen MR) is 121 cm³/mol. The first kappa shape index (κ1) is 19.8. The number of benzene rings is 3. The molecule has 1 amide bonds. The monoisotopic (exact) mass is 454 g/mol. The highest BCUT2D eigenvalue weighted by molar-refractivity contribution is 6.39. The predicted octanol–water partition coefficient (Wildman–Crippen LogP) is 5.65. The van der Waals surface area contributed by atoms with Gasteiger partial charge >= 0.3 is 0 Å². The van der Waals surface area contributed by atoms with Crippen molar-refractivity contribution in [3.05, 3.63) is 87.2 Å². The molecular weight excluding hydrogens is 438 g/mol. The molecule has 0 fully saturated rings. The van der Waals surface area contributed by atoms with Gasteiger partial charge in [-0.3, -0.25) is 4.79 Å². The van der Waals surface area contributed by atoms with E-state index in [-0.39, 0.29) is 11.6 Å². The van der Waals surface area contributed by atoms with Crippen molar-refractivity contribution in [2.24, 2.45) is 0 Å². The average Bonchev–Trinajstić information content (AvgIpc) is 3.32. The lowest BCUT2D eigenvalue weighted by molar-refractivity contribution is 0.0934. The van der Waals surface area contributed by atoms with Crippen LogP contribution in [0.15, 0.2) is 54.6 Å². The van der Waals surface area contributed by atoms with Crippen molar-refractivity contribution in [2.75, 3.05) is 5.32 Å². The third-order valence-corrected chi connectivity index (χ3v) is 6.04. The van der Waals surface area contributed by atoms with Crippen molar-refractivity contribution >= 4 is 51.8 Å². The molecule has 5 nitrogen and oxygen atoms in total. The Morgan fingerprint density at radius 3 is 2.39 bits per heavy atom. The summed E-state index contributed by atoms with van der Waals surface area (Å²) in [5.41, 5.74) is 3.77. The Bertz CT molecular complexity index is 1280. The minimum atomic E-state index is -0.619. The van der Waals surface area contributed by atoms with Gasteiger partial charge in [-0.25, -0.2) is 9.37 Å². The molecule has 3 N–H and O–H groups in total. The standard InChI is InChI=1S/C23H17Cl2FN4O/c24-16-6-3-7-17(25)21(16)30-23-28-19-10-15(18(26)11-20(19)29-23)22(31)27-14-8-12-4-1-2-5-13(12)9-14/h1-7,10-11,14H,8-9H2,(H,27,31)(H2,28,29,30). The summed E-state index contributed by atoms with van der Waals surface area (Å²) >= 11 is 12.4. The Kier molecular flexibility index (Phi) is 5.04. The fraction of sp³-hybridized carbons (Fsp3) is 0.130. The van der Waals surface area contributed by atoms with Crippen LogP contribution in [0.2, 0.25) is 10.0 Å². The summed E-state index contributed by atoms with van der Waals surface area (Å²) < 4.78 is 14.7. The molecule has 0 saturated heterocycles. The van der Waals surface area contributed by atoms with E-state index in [1.54, 1.807) is 18.2 Å². The molecule has 0 saturated carbocycles. The van der Waals surface area contributed by atoms with Gasteiger partial charge in [-0.1, -0.05) is 53.5 Å². The Hall–Kier alpha value is -3.09. The van der Waals surface area contributed by atoms with Crippen LogP contribution < -0.4 is 10.6 Å². The Labute approximate surface area is 187 Å². The van der Waals surface area contributed by atoms with Crippen LogP contribution in [0.25, 0.3) is 11.0 Å². The smallest absolute Gasteiger partial charge is 0.254 e. The fourth-order valence-electron chi connectivity index (χ4n) is 3.92. The summed E-state index contributed by atoms with van der Waals surface area (Å²) in [6.07, 6.45) is 1.47. The number of nitrogens with one attached hydrogen (secondary N) is 3. The van der Waals surface area contributed by atoms with Gasteiger partial charge in [0.15, 0.2) is 0 Å². The topological polar surface area (TPSA) is 69.8 Å². The summed E-state index contributed by atoms with van der Waals surface area (Å²) in [4.78, 5) is 20.2. The highest BCUT2D eigenvalue weighted by atomic mass is 35.5. The lowest BCUT2D eigenvalue weighted by Gasteiger charge is -2.12. The van der Waals surface area contributed by atoms with E-state index in [1.165, 1.54) is 23.3 Å². The molecule has 31 heavy (non-hydrogen) atoms. The van der Waals surface area contributed by atoms with Crippen molar-refractivity contribution in [1.29, 1.82) is 0 Å². The molecule has 1 aliphatic carbocycles. The molecule has 4 aromatic rings. The van der Waals surface area contributed by atoms with Crippen LogP contribution in [0, 0.1) is 5.82 Å². The molecule has 0 unspecified atom stereocenters. The van der Waals surface area contributed by atoms with Crippen molar-refractivity contribution in [1.82, 2.24) is 15.3 Å². The maximum Gasteiger partial charge on any atom is 0.254 e. The third kappa shape index (κ3) is 3.84. The van der Waals surface area contributed by atoms with Crippen LogP contribution in [0.1, 0.15) is 21.5 Å². The Morgan fingerprint density at radius 1 is 1.03 bits per heavy atom. The van der Waals surface area contributed by atoms with Gasteiger partial charge in [0.25, 0.3) is 5.91 Å². The molecule has 3 aromatic carbocycles. The molecule has 1 aromatic heterocycles. The van der Waals surface area contributed by atoms with Gasteiger partial charge in [0.05, 0.1) is 32.3 Å². The van der Waals surface area contributed by atoms with Crippen molar-refractivity contribution in [3.8, 4) is 0 Å². The number of aromatic nitrogens is 2. The van der Waals surface area contributed by atoms with E-state index in [9.17, 15) is 9.18 Å². The largest absolute Gasteiger partial charge is 0.349 e. The first-order chi connectivity index (χ1) is 15.0. The van der Waals surface area contributed by atoms with Crippen molar-refractivity contribution in [3.63, 3.8) is 0 Å². The highest BCUT2D eigenvalue weighted by Crippen LogP contribution is 2.32. The van der Waals surface area contributed by atoms with Crippen LogP contribution in [-0.2, 0) is 12.8 Å². The van der Waals surface area contributed by atoms with E-state index >= 15 is 0 Å². The van der Waals surface area contributed by atoms with E-state index in [0.717, 1.165) is 12.8 Å². The number of H-pyrrole nitrogens is 1. The van der Waals surface area contributed by atoms with E-state index < -0.39 is 11.7 Å².